The molecule has 7 rings (SSSR count). The largest absolute Gasteiger partial charge is 0.349 e. The van der Waals surface area contributed by atoms with Crippen molar-refractivity contribution in [2.45, 2.75) is 11.7 Å². The fourth-order valence-electron chi connectivity index (χ4n) is 6.14. The lowest BCUT2D eigenvalue weighted by Gasteiger charge is -2.27. The molecule has 4 aromatic rings. The third-order valence-electron chi connectivity index (χ3n) is 7.73. The Labute approximate surface area is 216 Å². The number of amides is 2. The lowest BCUT2D eigenvalue weighted by molar-refractivity contribution is -0.127. The number of carbonyl (C=O) groups excluding carboxylic acids is 4. The van der Waals surface area contributed by atoms with Crippen molar-refractivity contribution >= 4 is 51.4 Å². The molecule has 3 atom stereocenters. The summed E-state index contributed by atoms with van der Waals surface area (Å²) in [6.45, 7) is 0. The van der Waals surface area contributed by atoms with Gasteiger partial charge in [-0.3, -0.25) is 19.2 Å². The highest BCUT2D eigenvalue weighted by atomic mass is 35.5. The zero-order chi connectivity index (χ0) is 25.5. The van der Waals surface area contributed by atoms with Crippen LogP contribution in [0, 0.1) is 11.8 Å². The number of imide groups is 1. The second-order valence-electron chi connectivity index (χ2n) is 9.54. The summed E-state index contributed by atoms with van der Waals surface area (Å²) < 4.78 is 6.43. The fraction of sp³-hybridized carbons (Fsp3) is 0.133. The average Bonchev–Trinajstić information content (AvgIpc) is 3.49. The molecule has 0 unspecified atom stereocenters. The Balaban J connectivity index is 1.46. The SMILES string of the molecule is O=C1[C@H]2[C@@H](c3cccc4ccccc34)OC3(C(=O)c4ccccc4C3=O)[C@@H]2C(=O)N1c1ccc(Cl)cc1. The number of benzene rings is 4. The average molecular weight is 508 g/mol. The van der Waals surface area contributed by atoms with Crippen LogP contribution in [0.1, 0.15) is 32.4 Å². The molecular formula is C30H18ClNO5. The predicted octanol–water partition coefficient (Wildman–Crippen LogP) is 5.19. The first-order chi connectivity index (χ1) is 17.9. The summed E-state index contributed by atoms with van der Waals surface area (Å²) >= 11 is 6.04. The van der Waals surface area contributed by atoms with Crippen LogP contribution in [0.2, 0.25) is 5.02 Å². The van der Waals surface area contributed by atoms with Gasteiger partial charge in [0.05, 0.1) is 23.6 Å². The minimum absolute atomic E-state index is 0.204. The topological polar surface area (TPSA) is 80.8 Å². The highest BCUT2D eigenvalue weighted by Gasteiger charge is 2.74. The van der Waals surface area contributed by atoms with Crippen LogP contribution in [0.4, 0.5) is 5.69 Å². The van der Waals surface area contributed by atoms with Gasteiger partial charge in [-0.05, 0) is 40.6 Å². The standard InChI is InChI=1S/C30H18ClNO5/c31-17-12-14-18(15-13-17)32-28(35)23-24(29(32)36)30(26(33)21-9-3-4-10-22(21)27(30)34)37-25(23)20-11-5-7-16-6-1-2-8-19(16)20/h1-15,23-25H/t23-,24+,25-/m1/s1. The number of anilines is 1. The Hall–Kier alpha value is -4.13. The van der Waals surface area contributed by atoms with Crippen LogP contribution < -0.4 is 4.90 Å². The van der Waals surface area contributed by atoms with Crippen molar-refractivity contribution in [1.82, 2.24) is 0 Å². The van der Waals surface area contributed by atoms with Gasteiger partial charge < -0.3 is 4.74 Å². The maximum atomic E-state index is 14.0. The summed E-state index contributed by atoms with van der Waals surface area (Å²) in [7, 11) is 0. The molecular weight excluding hydrogens is 490 g/mol. The van der Waals surface area contributed by atoms with E-state index in [0.717, 1.165) is 15.7 Å². The van der Waals surface area contributed by atoms with E-state index in [1.807, 2.05) is 42.5 Å². The molecule has 0 N–H and O–H groups in total. The third kappa shape index (κ3) is 2.79. The number of carbonyl (C=O) groups is 4. The van der Waals surface area contributed by atoms with Crippen molar-refractivity contribution < 1.29 is 23.9 Å². The molecule has 1 spiro atoms. The van der Waals surface area contributed by atoms with Crippen LogP contribution in [0.5, 0.6) is 0 Å². The van der Waals surface area contributed by atoms with Crippen LogP contribution in [-0.2, 0) is 14.3 Å². The van der Waals surface area contributed by atoms with E-state index in [1.165, 1.54) is 0 Å². The van der Waals surface area contributed by atoms with E-state index in [2.05, 4.69) is 0 Å². The Morgan fingerprint density at radius 3 is 2.03 bits per heavy atom. The summed E-state index contributed by atoms with van der Waals surface area (Å²) in [6.07, 6.45) is -0.980. The molecule has 2 fully saturated rings. The highest BCUT2D eigenvalue weighted by Crippen LogP contribution is 2.58. The molecule has 1 aliphatic carbocycles. The van der Waals surface area contributed by atoms with Crippen molar-refractivity contribution in [3.05, 3.63) is 113 Å². The summed E-state index contributed by atoms with van der Waals surface area (Å²) in [4.78, 5) is 56.9. The Bertz CT molecular complexity index is 1640. The van der Waals surface area contributed by atoms with Crippen LogP contribution in [-0.4, -0.2) is 29.0 Å². The maximum Gasteiger partial charge on any atom is 0.241 e. The van der Waals surface area contributed by atoms with Crippen molar-refractivity contribution in [3.63, 3.8) is 0 Å². The van der Waals surface area contributed by atoms with Gasteiger partial charge in [-0.2, -0.15) is 0 Å². The second-order valence-corrected chi connectivity index (χ2v) is 9.97. The quantitative estimate of drug-likeness (QED) is 0.275. The van der Waals surface area contributed by atoms with Gasteiger partial charge in [-0.1, -0.05) is 78.3 Å². The van der Waals surface area contributed by atoms with E-state index < -0.39 is 46.9 Å². The normalized spacial score (nSPS) is 23.8. The van der Waals surface area contributed by atoms with E-state index in [-0.39, 0.29) is 11.1 Å². The number of halogens is 1. The van der Waals surface area contributed by atoms with Gasteiger partial charge in [0.15, 0.2) is 0 Å². The van der Waals surface area contributed by atoms with Crippen LogP contribution in [0.15, 0.2) is 91.0 Å². The Morgan fingerprint density at radius 2 is 1.32 bits per heavy atom. The molecule has 2 heterocycles. The molecule has 7 heteroatoms. The summed E-state index contributed by atoms with van der Waals surface area (Å²) in [5.74, 6) is -4.66. The third-order valence-corrected chi connectivity index (χ3v) is 7.99. The monoisotopic (exact) mass is 507 g/mol. The molecule has 0 aromatic heterocycles. The molecule has 4 aromatic carbocycles. The lowest BCUT2D eigenvalue weighted by Crippen LogP contribution is -2.51. The number of Topliss-reactive ketones (excluding diaryl/α,β-unsaturated/α-hetero) is 2. The van der Waals surface area contributed by atoms with Crippen molar-refractivity contribution in [3.8, 4) is 0 Å². The van der Waals surface area contributed by atoms with E-state index in [9.17, 15) is 19.2 Å². The van der Waals surface area contributed by atoms with Gasteiger partial charge in [-0.25, -0.2) is 4.90 Å². The van der Waals surface area contributed by atoms with Gasteiger partial charge in [0, 0.05) is 16.1 Å². The van der Waals surface area contributed by atoms with E-state index in [0.29, 0.717) is 16.3 Å². The number of rotatable bonds is 2. The van der Waals surface area contributed by atoms with Gasteiger partial charge >= 0.3 is 0 Å². The van der Waals surface area contributed by atoms with E-state index in [4.69, 9.17) is 16.3 Å². The highest BCUT2D eigenvalue weighted by molar-refractivity contribution is 6.37. The van der Waals surface area contributed by atoms with E-state index in [1.54, 1.807) is 48.5 Å². The van der Waals surface area contributed by atoms with Gasteiger partial charge in [0.2, 0.25) is 29.0 Å². The number of ketones is 2. The maximum absolute atomic E-state index is 14.0. The van der Waals surface area contributed by atoms with Crippen molar-refractivity contribution in [2.24, 2.45) is 11.8 Å². The first kappa shape index (κ1) is 22.1. The second kappa shape index (κ2) is 7.68. The molecule has 2 aliphatic heterocycles. The summed E-state index contributed by atoms with van der Waals surface area (Å²) in [6, 6.07) is 26.0. The van der Waals surface area contributed by atoms with Crippen LogP contribution in [0.25, 0.3) is 10.8 Å². The summed E-state index contributed by atoms with van der Waals surface area (Å²) in [5.41, 5.74) is -0.717. The Kier molecular flexibility index (Phi) is 4.59. The first-order valence-corrected chi connectivity index (χ1v) is 12.3. The molecule has 0 bridgehead atoms. The van der Waals surface area contributed by atoms with E-state index >= 15 is 0 Å². The summed E-state index contributed by atoms with van der Waals surface area (Å²) in [5, 5.41) is 2.19. The number of fused-ring (bicyclic) bond motifs is 4. The molecule has 0 saturated carbocycles. The smallest absolute Gasteiger partial charge is 0.241 e. The molecule has 0 radical (unpaired) electrons. The minimum atomic E-state index is -2.11. The lowest BCUT2D eigenvalue weighted by atomic mass is 9.77. The molecule has 6 nitrogen and oxygen atoms in total. The van der Waals surface area contributed by atoms with Gasteiger partial charge in [0.1, 0.15) is 0 Å². The van der Waals surface area contributed by atoms with Crippen LogP contribution >= 0.6 is 11.6 Å². The number of hydrogen-bond donors (Lipinski definition) is 0. The number of hydrogen-bond acceptors (Lipinski definition) is 5. The number of ether oxygens (including phenoxy) is 1. The number of nitrogens with zero attached hydrogens (tertiary/aromatic N) is 1. The van der Waals surface area contributed by atoms with Gasteiger partial charge in [0.25, 0.3) is 0 Å². The van der Waals surface area contributed by atoms with Crippen molar-refractivity contribution in [1.29, 1.82) is 0 Å². The zero-order valence-electron chi connectivity index (χ0n) is 19.3. The molecule has 2 amide bonds. The molecule has 180 valence electrons. The predicted molar refractivity (Wildman–Crippen MR) is 137 cm³/mol. The van der Waals surface area contributed by atoms with Crippen LogP contribution in [0.3, 0.4) is 0 Å². The molecule has 37 heavy (non-hydrogen) atoms. The molecule has 2 saturated heterocycles. The zero-order valence-corrected chi connectivity index (χ0v) is 20.0. The first-order valence-electron chi connectivity index (χ1n) is 11.9. The Morgan fingerprint density at radius 1 is 0.703 bits per heavy atom. The van der Waals surface area contributed by atoms with Gasteiger partial charge in [-0.15, -0.1) is 0 Å². The molecule has 3 aliphatic rings. The van der Waals surface area contributed by atoms with Crippen molar-refractivity contribution in [2.75, 3.05) is 4.90 Å². The minimum Gasteiger partial charge on any atom is -0.349 e. The fourth-order valence-corrected chi connectivity index (χ4v) is 6.27.